The van der Waals surface area contributed by atoms with Crippen LogP contribution in [0.1, 0.15) is 23.3 Å². The number of nitrogens with zero attached hydrogens (tertiary/aromatic N) is 6. The van der Waals surface area contributed by atoms with Gasteiger partial charge in [-0.1, -0.05) is 6.07 Å². The van der Waals surface area contributed by atoms with Gasteiger partial charge in [0, 0.05) is 32.9 Å². The van der Waals surface area contributed by atoms with Gasteiger partial charge in [-0.2, -0.15) is 0 Å². The van der Waals surface area contributed by atoms with Crippen LogP contribution in [-0.4, -0.2) is 56.6 Å². The number of benzene rings is 2. The highest BCUT2D eigenvalue weighted by molar-refractivity contribution is 6.08. The highest BCUT2D eigenvalue weighted by atomic mass is 19.1. The van der Waals surface area contributed by atoms with E-state index < -0.39 is 34.7 Å². The maximum absolute atomic E-state index is 14.7. The molecule has 3 aromatic heterocycles. The van der Waals surface area contributed by atoms with E-state index in [0.717, 1.165) is 43.9 Å². The number of carbonyl (C=O) groups excluding carboxylic acids is 1. The van der Waals surface area contributed by atoms with Crippen molar-refractivity contribution in [1.29, 1.82) is 0 Å². The fraction of sp³-hybridized carbons (Fsp3) is 0.233. The SMILES string of the molecule is CN(c1c(NC(=O)c2ccnc(-c3c(F)cccc3F)n2)ccc2c1nc(-c1c(F)cncc1F)n2C)[C@@H]1CCCNC1. The number of aryl methyl sites for hydroxylation is 1. The van der Waals surface area contributed by atoms with Gasteiger partial charge in [-0.05, 0) is 49.7 Å². The normalized spacial score (nSPS) is 15.1. The van der Waals surface area contributed by atoms with Crippen molar-refractivity contribution in [2.24, 2.45) is 7.05 Å². The van der Waals surface area contributed by atoms with E-state index in [1.54, 1.807) is 23.7 Å². The van der Waals surface area contributed by atoms with Gasteiger partial charge in [0.15, 0.2) is 17.5 Å². The van der Waals surface area contributed by atoms with Gasteiger partial charge in [-0.15, -0.1) is 0 Å². The van der Waals surface area contributed by atoms with Gasteiger partial charge >= 0.3 is 0 Å². The highest BCUT2D eigenvalue weighted by Crippen LogP contribution is 2.38. The number of fused-ring (bicyclic) bond motifs is 1. The Bertz CT molecular complexity index is 1810. The second kappa shape index (κ2) is 11.4. The number of halogens is 4. The first kappa shape index (κ1) is 28.2. The lowest BCUT2D eigenvalue weighted by Gasteiger charge is -2.34. The standard InChI is InChI=1S/C30H26F4N8O/c1-41(16-5-4-11-35-13-16)27-21(8-9-23-26(27)40-29(42(23)2)25-19(33)14-36-15-20(25)34)39-30(43)22-10-12-37-28(38-22)24-17(31)6-3-7-18(24)32/h3,6-10,12,14-16,35H,4-5,11,13H2,1-2H3,(H,39,43)/t16-/m1/s1. The van der Waals surface area contributed by atoms with Crippen LogP contribution in [0.3, 0.4) is 0 Å². The first-order valence-corrected chi connectivity index (χ1v) is 13.6. The smallest absolute Gasteiger partial charge is 0.274 e. The van der Waals surface area contributed by atoms with Gasteiger partial charge in [0.05, 0.1) is 40.4 Å². The monoisotopic (exact) mass is 590 g/mol. The zero-order valence-electron chi connectivity index (χ0n) is 23.2. The third-order valence-corrected chi connectivity index (χ3v) is 7.60. The van der Waals surface area contributed by atoms with Gasteiger partial charge < -0.3 is 20.1 Å². The first-order chi connectivity index (χ1) is 20.7. The van der Waals surface area contributed by atoms with Gasteiger partial charge in [-0.25, -0.2) is 32.5 Å². The Kier molecular flexibility index (Phi) is 7.48. The third-order valence-electron chi connectivity index (χ3n) is 7.60. The van der Waals surface area contributed by atoms with E-state index in [2.05, 4.69) is 30.6 Å². The highest BCUT2D eigenvalue weighted by Gasteiger charge is 2.27. The predicted octanol–water partition coefficient (Wildman–Crippen LogP) is 5.09. The molecule has 220 valence electrons. The summed E-state index contributed by atoms with van der Waals surface area (Å²) in [5.41, 5.74) is 1.00. The molecule has 1 saturated heterocycles. The average Bonchev–Trinajstić information content (AvgIpc) is 3.32. The van der Waals surface area contributed by atoms with Crippen molar-refractivity contribution in [3.63, 3.8) is 0 Å². The van der Waals surface area contributed by atoms with Gasteiger partial charge in [0.25, 0.3) is 5.91 Å². The molecule has 4 heterocycles. The summed E-state index contributed by atoms with van der Waals surface area (Å²) >= 11 is 0. The molecule has 1 fully saturated rings. The minimum atomic E-state index is -0.860. The lowest BCUT2D eigenvalue weighted by atomic mass is 10.0. The summed E-state index contributed by atoms with van der Waals surface area (Å²) < 4.78 is 59.9. The molecule has 0 bridgehead atoms. The molecule has 9 nitrogen and oxygen atoms in total. The molecule has 43 heavy (non-hydrogen) atoms. The van der Waals surface area contributed by atoms with E-state index in [0.29, 0.717) is 29.0 Å². The van der Waals surface area contributed by atoms with Gasteiger partial charge in [0.1, 0.15) is 28.7 Å². The number of amides is 1. The van der Waals surface area contributed by atoms with E-state index in [1.807, 2.05) is 11.9 Å². The van der Waals surface area contributed by atoms with Crippen molar-refractivity contribution < 1.29 is 22.4 Å². The van der Waals surface area contributed by atoms with Gasteiger partial charge in [0.2, 0.25) is 0 Å². The number of piperidine rings is 1. The molecule has 1 aliphatic heterocycles. The van der Waals surface area contributed by atoms with Crippen LogP contribution in [0.15, 0.2) is 55.0 Å². The fourth-order valence-corrected chi connectivity index (χ4v) is 5.40. The van der Waals surface area contributed by atoms with E-state index >= 15 is 0 Å². The Morgan fingerprint density at radius 3 is 2.44 bits per heavy atom. The fourth-order valence-electron chi connectivity index (χ4n) is 5.40. The molecule has 1 aliphatic rings. The molecule has 2 N–H and O–H groups in total. The van der Waals surface area contributed by atoms with Crippen molar-refractivity contribution in [2.75, 3.05) is 30.4 Å². The number of aromatic nitrogens is 5. The third kappa shape index (κ3) is 5.16. The average molecular weight is 591 g/mol. The van der Waals surface area contributed by atoms with Crippen molar-refractivity contribution in [3.05, 3.63) is 84.0 Å². The summed E-state index contributed by atoms with van der Waals surface area (Å²) in [6.07, 6.45) is 4.89. The van der Waals surface area contributed by atoms with Crippen LogP contribution in [0.25, 0.3) is 33.8 Å². The Morgan fingerprint density at radius 1 is 1.00 bits per heavy atom. The van der Waals surface area contributed by atoms with E-state index in [1.165, 1.54) is 18.3 Å². The first-order valence-electron chi connectivity index (χ1n) is 13.6. The lowest BCUT2D eigenvalue weighted by molar-refractivity contribution is 0.102. The van der Waals surface area contributed by atoms with Crippen molar-refractivity contribution >= 4 is 28.3 Å². The van der Waals surface area contributed by atoms with E-state index in [9.17, 15) is 22.4 Å². The maximum Gasteiger partial charge on any atom is 0.274 e. The van der Waals surface area contributed by atoms with Crippen LogP contribution in [0.5, 0.6) is 0 Å². The number of rotatable bonds is 6. The lowest BCUT2D eigenvalue weighted by Crippen LogP contribution is -2.44. The maximum atomic E-state index is 14.7. The number of nitrogens with one attached hydrogen (secondary N) is 2. The molecule has 0 saturated carbocycles. The Morgan fingerprint density at radius 2 is 1.74 bits per heavy atom. The quantitative estimate of drug-likeness (QED) is 0.266. The molecule has 0 spiro atoms. The largest absolute Gasteiger partial charge is 0.367 e. The van der Waals surface area contributed by atoms with Crippen LogP contribution in [0.2, 0.25) is 0 Å². The Balaban J connectivity index is 1.45. The van der Waals surface area contributed by atoms with Crippen molar-refractivity contribution in [1.82, 2.24) is 29.8 Å². The number of carbonyl (C=O) groups is 1. The van der Waals surface area contributed by atoms with Crippen LogP contribution in [0.4, 0.5) is 28.9 Å². The molecule has 1 atom stereocenters. The van der Waals surface area contributed by atoms with Gasteiger partial charge in [-0.3, -0.25) is 9.78 Å². The predicted molar refractivity (Wildman–Crippen MR) is 153 cm³/mol. The molecule has 0 aliphatic carbocycles. The molecule has 1 amide bonds. The second-order valence-corrected chi connectivity index (χ2v) is 10.2. The number of imidazole rings is 1. The number of pyridine rings is 1. The Hall–Kier alpha value is -4.91. The minimum absolute atomic E-state index is 0.0320. The summed E-state index contributed by atoms with van der Waals surface area (Å²) in [4.78, 5) is 31.8. The number of hydrogen-bond acceptors (Lipinski definition) is 7. The zero-order chi connectivity index (χ0) is 30.2. The second-order valence-electron chi connectivity index (χ2n) is 10.2. The van der Waals surface area contributed by atoms with Crippen LogP contribution in [0, 0.1) is 23.3 Å². The van der Waals surface area contributed by atoms with E-state index in [4.69, 9.17) is 0 Å². The number of anilines is 2. The summed E-state index contributed by atoms with van der Waals surface area (Å²) in [6.45, 7) is 1.56. The molecule has 13 heteroatoms. The summed E-state index contributed by atoms with van der Waals surface area (Å²) in [7, 11) is 3.52. The Labute approximate surface area is 243 Å². The molecule has 6 rings (SSSR count). The summed E-state index contributed by atoms with van der Waals surface area (Å²) in [6, 6.07) is 8.11. The topological polar surface area (TPSA) is 101 Å². The van der Waals surface area contributed by atoms with Crippen LogP contribution >= 0.6 is 0 Å². The minimum Gasteiger partial charge on any atom is -0.367 e. The zero-order valence-corrected chi connectivity index (χ0v) is 23.2. The molecule has 2 aromatic carbocycles. The summed E-state index contributed by atoms with van der Waals surface area (Å²) in [5, 5.41) is 6.22. The van der Waals surface area contributed by atoms with E-state index in [-0.39, 0.29) is 28.9 Å². The van der Waals surface area contributed by atoms with Crippen molar-refractivity contribution in [3.8, 4) is 22.8 Å². The summed E-state index contributed by atoms with van der Waals surface area (Å²) in [5.74, 6) is -4.31. The molecule has 0 radical (unpaired) electrons. The molecular formula is C30H26F4N8O. The van der Waals surface area contributed by atoms with Crippen molar-refractivity contribution in [2.45, 2.75) is 18.9 Å². The van der Waals surface area contributed by atoms with Crippen LogP contribution < -0.4 is 15.5 Å². The number of hydrogen-bond donors (Lipinski definition) is 2. The molecular weight excluding hydrogens is 564 g/mol. The molecule has 5 aromatic rings. The van der Waals surface area contributed by atoms with Crippen LogP contribution in [-0.2, 0) is 7.05 Å². The number of likely N-dealkylation sites (N-methyl/N-ethyl adjacent to an activating group) is 1. The molecule has 0 unspecified atom stereocenters.